The monoisotopic (exact) mass is 447 g/mol. The van der Waals surface area contributed by atoms with Gasteiger partial charge in [0.15, 0.2) is 0 Å². The molecule has 3 rings (SSSR count). The number of carbonyl (C=O) groups is 1. The second-order valence-electron chi connectivity index (χ2n) is 6.88. The van der Waals surface area contributed by atoms with E-state index in [0.717, 1.165) is 46.5 Å². The van der Waals surface area contributed by atoms with E-state index in [-0.39, 0.29) is 6.04 Å². The number of carboxylic acids is 1. The molecule has 0 saturated carbocycles. The minimum absolute atomic E-state index is 0.216. The van der Waals surface area contributed by atoms with Gasteiger partial charge in [-0.25, -0.2) is 0 Å². The SMILES string of the molecule is CCOc1ccc(Br)cc1C(c1ccc(OC)cc1)N1CCCCC1C(=O)O. The number of carboxylic acid groups (broad SMARTS) is 1. The molecule has 0 aliphatic carbocycles. The summed E-state index contributed by atoms with van der Waals surface area (Å²) in [5.74, 6) is 0.780. The van der Waals surface area contributed by atoms with Crippen molar-refractivity contribution in [3.8, 4) is 11.5 Å². The Morgan fingerprint density at radius 2 is 2.00 bits per heavy atom. The molecule has 0 aromatic heterocycles. The average molecular weight is 448 g/mol. The second kappa shape index (κ2) is 9.43. The maximum Gasteiger partial charge on any atom is 0.320 e. The molecular weight excluding hydrogens is 422 g/mol. The quantitative estimate of drug-likeness (QED) is 0.654. The summed E-state index contributed by atoms with van der Waals surface area (Å²) in [6.07, 6.45) is 2.56. The Balaban J connectivity index is 2.13. The van der Waals surface area contributed by atoms with Crippen molar-refractivity contribution in [2.45, 2.75) is 38.3 Å². The minimum atomic E-state index is -0.772. The van der Waals surface area contributed by atoms with Crippen LogP contribution in [0.3, 0.4) is 0 Å². The van der Waals surface area contributed by atoms with Gasteiger partial charge in [-0.1, -0.05) is 34.5 Å². The number of aliphatic carboxylic acids is 1. The lowest BCUT2D eigenvalue weighted by molar-refractivity contribution is -0.145. The van der Waals surface area contributed by atoms with Gasteiger partial charge in [-0.05, 0) is 62.2 Å². The number of methoxy groups -OCH3 is 1. The van der Waals surface area contributed by atoms with Gasteiger partial charge in [0, 0.05) is 10.0 Å². The summed E-state index contributed by atoms with van der Waals surface area (Å²) in [6.45, 7) is 3.23. The van der Waals surface area contributed by atoms with Crippen molar-refractivity contribution in [1.82, 2.24) is 4.90 Å². The van der Waals surface area contributed by atoms with E-state index in [0.29, 0.717) is 13.0 Å². The fourth-order valence-corrected chi connectivity index (χ4v) is 4.26. The zero-order chi connectivity index (χ0) is 20.1. The molecular formula is C22H26BrNO4. The highest BCUT2D eigenvalue weighted by atomic mass is 79.9. The van der Waals surface area contributed by atoms with E-state index in [9.17, 15) is 9.90 Å². The first-order chi connectivity index (χ1) is 13.5. The first kappa shape index (κ1) is 20.7. The molecule has 2 aromatic rings. The molecule has 5 nitrogen and oxygen atoms in total. The molecule has 1 aliphatic rings. The predicted molar refractivity (Wildman–Crippen MR) is 112 cm³/mol. The van der Waals surface area contributed by atoms with Gasteiger partial charge in [0.05, 0.1) is 19.8 Å². The van der Waals surface area contributed by atoms with Crippen LogP contribution in [0.4, 0.5) is 0 Å². The molecule has 1 aliphatic heterocycles. The highest BCUT2D eigenvalue weighted by molar-refractivity contribution is 9.10. The Bertz CT molecular complexity index is 809. The average Bonchev–Trinajstić information content (AvgIpc) is 2.71. The van der Waals surface area contributed by atoms with E-state index in [1.165, 1.54) is 0 Å². The number of hydrogen-bond acceptors (Lipinski definition) is 4. The van der Waals surface area contributed by atoms with Gasteiger partial charge in [0.1, 0.15) is 17.5 Å². The largest absolute Gasteiger partial charge is 0.497 e. The molecule has 150 valence electrons. The molecule has 2 unspecified atom stereocenters. The lowest BCUT2D eigenvalue weighted by Gasteiger charge is -2.40. The third-order valence-corrected chi connectivity index (χ3v) is 5.65. The van der Waals surface area contributed by atoms with Gasteiger partial charge < -0.3 is 14.6 Å². The number of hydrogen-bond donors (Lipinski definition) is 1. The smallest absolute Gasteiger partial charge is 0.320 e. The van der Waals surface area contributed by atoms with Crippen LogP contribution in [0.25, 0.3) is 0 Å². The van der Waals surface area contributed by atoms with Gasteiger partial charge in [0.25, 0.3) is 0 Å². The Hall–Kier alpha value is -2.05. The topological polar surface area (TPSA) is 59.0 Å². The van der Waals surface area contributed by atoms with Crippen molar-refractivity contribution in [1.29, 1.82) is 0 Å². The number of piperidine rings is 1. The molecule has 1 heterocycles. The van der Waals surface area contributed by atoms with Gasteiger partial charge in [-0.2, -0.15) is 0 Å². The van der Waals surface area contributed by atoms with Crippen molar-refractivity contribution in [2.24, 2.45) is 0 Å². The lowest BCUT2D eigenvalue weighted by atomic mass is 9.91. The first-order valence-corrected chi connectivity index (χ1v) is 10.4. The Kier molecular flexibility index (Phi) is 6.97. The number of likely N-dealkylation sites (tertiary alicyclic amines) is 1. The Morgan fingerprint density at radius 3 is 2.64 bits per heavy atom. The van der Waals surface area contributed by atoms with Crippen LogP contribution in [0.15, 0.2) is 46.9 Å². The number of benzene rings is 2. The molecule has 1 saturated heterocycles. The van der Waals surface area contributed by atoms with E-state index in [2.05, 4.69) is 20.8 Å². The van der Waals surface area contributed by atoms with Crippen molar-refractivity contribution in [3.63, 3.8) is 0 Å². The van der Waals surface area contributed by atoms with Gasteiger partial charge in [-0.3, -0.25) is 9.69 Å². The number of nitrogens with zero attached hydrogens (tertiary/aromatic N) is 1. The minimum Gasteiger partial charge on any atom is -0.497 e. The van der Waals surface area contributed by atoms with Crippen LogP contribution in [-0.2, 0) is 4.79 Å². The maximum absolute atomic E-state index is 12.0. The van der Waals surface area contributed by atoms with Crippen LogP contribution >= 0.6 is 15.9 Å². The van der Waals surface area contributed by atoms with Crippen LogP contribution in [0.1, 0.15) is 43.4 Å². The molecule has 0 bridgehead atoms. The highest BCUT2D eigenvalue weighted by Gasteiger charge is 2.36. The van der Waals surface area contributed by atoms with Gasteiger partial charge in [0.2, 0.25) is 0 Å². The Labute approximate surface area is 174 Å². The molecule has 28 heavy (non-hydrogen) atoms. The molecule has 1 N–H and O–H groups in total. The summed E-state index contributed by atoms with van der Waals surface area (Å²) in [5, 5.41) is 9.86. The van der Waals surface area contributed by atoms with E-state index in [1.54, 1.807) is 7.11 Å². The maximum atomic E-state index is 12.0. The summed E-state index contributed by atoms with van der Waals surface area (Å²) in [5.41, 5.74) is 1.99. The number of ether oxygens (including phenoxy) is 2. The van der Waals surface area contributed by atoms with Crippen LogP contribution in [0, 0.1) is 0 Å². The molecule has 2 aromatic carbocycles. The third kappa shape index (κ3) is 4.50. The van der Waals surface area contributed by atoms with Crippen molar-refractivity contribution < 1.29 is 19.4 Å². The molecule has 6 heteroatoms. The fourth-order valence-electron chi connectivity index (χ4n) is 3.88. The zero-order valence-electron chi connectivity index (χ0n) is 16.2. The van der Waals surface area contributed by atoms with Gasteiger partial charge >= 0.3 is 5.97 Å². The van der Waals surface area contributed by atoms with E-state index in [1.807, 2.05) is 49.4 Å². The first-order valence-electron chi connectivity index (χ1n) is 9.60. The number of rotatable bonds is 7. The van der Waals surface area contributed by atoms with E-state index < -0.39 is 12.0 Å². The van der Waals surface area contributed by atoms with Crippen molar-refractivity contribution >= 4 is 21.9 Å². The van der Waals surface area contributed by atoms with Crippen LogP contribution in [0.5, 0.6) is 11.5 Å². The molecule has 1 fully saturated rings. The summed E-state index contributed by atoms with van der Waals surface area (Å²) in [7, 11) is 1.64. The molecule has 0 amide bonds. The van der Waals surface area contributed by atoms with Crippen molar-refractivity contribution in [2.75, 3.05) is 20.3 Å². The third-order valence-electron chi connectivity index (χ3n) is 5.16. The van der Waals surface area contributed by atoms with E-state index in [4.69, 9.17) is 9.47 Å². The second-order valence-corrected chi connectivity index (χ2v) is 7.79. The van der Waals surface area contributed by atoms with Crippen molar-refractivity contribution in [3.05, 3.63) is 58.1 Å². The van der Waals surface area contributed by atoms with Crippen LogP contribution in [-0.4, -0.2) is 42.3 Å². The molecule has 2 atom stereocenters. The highest BCUT2D eigenvalue weighted by Crippen LogP contribution is 2.40. The summed E-state index contributed by atoms with van der Waals surface area (Å²) < 4.78 is 12.1. The lowest BCUT2D eigenvalue weighted by Crippen LogP contribution is -2.46. The fraction of sp³-hybridized carbons (Fsp3) is 0.409. The van der Waals surface area contributed by atoms with Crippen LogP contribution < -0.4 is 9.47 Å². The van der Waals surface area contributed by atoms with Crippen LogP contribution in [0.2, 0.25) is 0 Å². The molecule has 0 radical (unpaired) electrons. The molecule has 0 spiro atoms. The standard InChI is InChI=1S/C22H26BrNO4/c1-3-28-20-12-9-16(23)14-18(20)21(15-7-10-17(27-2)11-8-15)24-13-5-4-6-19(24)22(25)26/h7-12,14,19,21H,3-6,13H2,1-2H3,(H,25,26). The summed E-state index contributed by atoms with van der Waals surface area (Å²) in [6, 6.07) is 13.0. The van der Waals surface area contributed by atoms with E-state index >= 15 is 0 Å². The number of halogens is 1. The normalized spacial score (nSPS) is 18.5. The summed E-state index contributed by atoms with van der Waals surface area (Å²) in [4.78, 5) is 14.1. The van der Waals surface area contributed by atoms with Gasteiger partial charge in [-0.15, -0.1) is 0 Å². The zero-order valence-corrected chi connectivity index (χ0v) is 17.8. The summed E-state index contributed by atoms with van der Waals surface area (Å²) >= 11 is 3.57. The predicted octanol–water partition coefficient (Wildman–Crippen LogP) is 4.88. The Morgan fingerprint density at radius 1 is 1.25 bits per heavy atom.